The number of benzene rings is 2. The number of halogens is 1. The molecule has 2 aromatic rings. The number of nitrogens with zero attached hydrogens (tertiary/aromatic N) is 2. The Morgan fingerprint density at radius 1 is 1.04 bits per heavy atom. The van der Waals surface area contributed by atoms with Gasteiger partial charge in [-0.2, -0.15) is 0 Å². The maximum atomic E-state index is 13.8. The highest BCUT2D eigenvalue weighted by atomic mass is 19.1. The van der Waals surface area contributed by atoms with Crippen molar-refractivity contribution in [2.24, 2.45) is 0 Å². The first-order valence-corrected chi connectivity index (χ1v) is 8.65. The highest BCUT2D eigenvalue weighted by molar-refractivity contribution is 5.94. The molecule has 2 aromatic carbocycles. The van der Waals surface area contributed by atoms with E-state index in [1.807, 2.05) is 23.1 Å². The maximum Gasteiger partial charge on any atom is 0.253 e. The second-order valence-electron chi connectivity index (χ2n) is 6.47. The van der Waals surface area contributed by atoms with Crippen LogP contribution in [0.25, 0.3) is 0 Å². The van der Waals surface area contributed by atoms with Gasteiger partial charge in [-0.15, -0.1) is 0 Å². The molecule has 0 aliphatic carbocycles. The summed E-state index contributed by atoms with van der Waals surface area (Å²) in [6, 6.07) is 13.9. The second-order valence-corrected chi connectivity index (χ2v) is 6.47. The zero-order valence-corrected chi connectivity index (χ0v) is 14.7. The molecule has 1 N–H and O–H groups in total. The molecule has 0 unspecified atom stereocenters. The summed E-state index contributed by atoms with van der Waals surface area (Å²) < 4.78 is 13.8. The van der Waals surface area contributed by atoms with Crippen LogP contribution in [0.4, 0.5) is 10.1 Å². The molecule has 1 saturated heterocycles. The van der Waals surface area contributed by atoms with Crippen molar-refractivity contribution in [1.82, 2.24) is 9.80 Å². The van der Waals surface area contributed by atoms with Crippen LogP contribution in [0, 0.1) is 12.7 Å². The zero-order chi connectivity index (χ0) is 18.5. The van der Waals surface area contributed by atoms with Gasteiger partial charge in [-0.05, 0) is 36.8 Å². The smallest absolute Gasteiger partial charge is 0.253 e. The van der Waals surface area contributed by atoms with E-state index in [4.69, 9.17) is 0 Å². The minimum atomic E-state index is -0.434. The van der Waals surface area contributed by atoms with Crippen LogP contribution in [0.15, 0.2) is 48.5 Å². The molecular formula is C20H22FN3O2. The lowest BCUT2D eigenvalue weighted by atomic mass is 10.2. The molecule has 26 heavy (non-hydrogen) atoms. The monoisotopic (exact) mass is 355 g/mol. The zero-order valence-electron chi connectivity index (χ0n) is 14.7. The summed E-state index contributed by atoms with van der Waals surface area (Å²) in [5.41, 5.74) is 1.67. The van der Waals surface area contributed by atoms with Gasteiger partial charge in [-0.1, -0.05) is 24.3 Å². The third-order valence-corrected chi connectivity index (χ3v) is 4.45. The average molecular weight is 355 g/mol. The summed E-state index contributed by atoms with van der Waals surface area (Å²) in [6.07, 6.45) is 0. The molecule has 0 spiro atoms. The summed E-state index contributed by atoms with van der Waals surface area (Å²) >= 11 is 0. The lowest BCUT2D eigenvalue weighted by Crippen LogP contribution is -2.50. The van der Waals surface area contributed by atoms with Crippen molar-refractivity contribution >= 4 is 17.5 Å². The van der Waals surface area contributed by atoms with E-state index in [-0.39, 0.29) is 24.0 Å². The fourth-order valence-corrected chi connectivity index (χ4v) is 2.99. The fraction of sp³-hybridized carbons (Fsp3) is 0.300. The third kappa shape index (κ3) is 4.46. The largest absolute Gasteiger partial charge is 0.336 e. The Labute approximate surface area is 152 Å². The van der Waals surface area contributed by atoms with Crippen molar-refractivity contribution in [3.05, 3.63) is 65.5 Å². The number of hydrogen-bond acceptors (Lipinski definition) is 3. The van der Waals surface area contributed by atoms with Crippen LogP contribution in [0.2, 0.25) is 0 Å². The molecule has 1 heterocycles. The molecule has 0 atom stereocenters. The van der Waals surface area contributed by atoms with Gasteiger partial charge in [0.2, 0.25) is 5.91 Å². The number of nitrogens with one attached hydrogen (secondary N) is 1. The predicted molar refractivity (Wildman–Crippen MR) is 98.6 cm³/mol. The van der Waals surface area contributed by atoms with E-state index >= 15 is 0 Å². The van der Waals surface area contributed by atoms with Gasteiger partial charge in [0.05, 0.1) is 12.2 Å². The number of aryl methyl sites for hydroxylation is 1. The second kappa shape index (κ2) is 8.10. The van der Waals surface area contributed by atoms with Crippen LogP contribution in [-0.4, -0.2) is 54.3 Å². The Morgan fingerprint density at radius 3 is 2.38 bits per heavy atom. The van der Waals surface area contributed by atoms with Gasteiger partial charge in [-0.25, -0.2) is 4.39 Å². The van der Waals surface area contributed by atoms with Gasteiger partial charge in [0.25, 0.3) is 5.91 Å². The van der Waals surface area contributed by atoms with E-state index < -0.39 is 5.82 Å². The van der Waals surface area contributed by atoms with Crippen molar-refractivity contribution in [3.8, 4) is 0 Å². The molecule has 0 aromatic heterocycles. The van der Waals surface area contributed by atoms with Crippen LogP contribution in [0.3, 0.4) is 0 Å². The van der Waals surface area contributed by atoms with Crippen LogP contribution < -0.4 is 5.32 Å². The van der Waals surface area contributed by atoms with Crippen molar-refractivity contribution in [1.29, 1.82) is 0 Å². The van der Waals surface area contributed by atoms with Crippen molar-refractivity contribution in [2.75, 3.05) is 38.0 Å². The van der Waals surface area contributed by atoms with Crippen molar-refractivity contribution in [2.45, 2.75) is 6.92 Å². The summed E-state index contributed by atoms with van der Waals surface area (Å²) in [4.78, 5) is 28.3. The van der Waals surface area contributed by atoms with Gasteiger partial charge in [0.15, 0.2) is 0 Å². The van der Waals surface area contributed by atoms with E-state index in [0.717, 1.165) is 5.56 Å². The van der Waals surface area contributed by atoms with Crippen LogP contribution in [-0.2, 0) is 4.79 Å². The average Bonchev–Trinajstić information content (AvgIpc) is 2.65. The Morgan fingerprint density at radius 2 is 1.73 bits per heavy atom. The third-order valence-electron chi connectivity index (χ3n) is 4.45. The molecule has 6 heteroatoms. The first-order valence-electron chi connectivity index (χ1n) is 8.65. The SMILES string of the molecule is Cc1ccc(NC(=O)CN2CCN(C(=O)c3ccccc3)CC2)c(F)c1. The Balaban J connectivity index is 1.49. The number of rotatable bonds is 4. The summed E-state index contributed by atoms with van der Waals surface area (Å²) in [7, 11) is 0. The van der Waals surface area contributed by atoms with Gasteiger partial charge < -0.3 is 10.2 Å². The molecule has 2 amide bonds. The van der Waals surface area contributed by atoms with Gasteiger partial charge in [0, 0.05) is 31.7 Å². The summed E-state index contributed by atoms with van der Waals surface area (Å²) in [5, 5.41) is 2.61. The minimum Gasteiger partial charge on any atom is -0.336 e. The molecule has 3 rings (SSSR count). The predicted octanol–water partition coefficient (Wildman–Crippen LogP) is 2.53. The number of piperazine rings is 1. The van der Waals surface area contributed by atoms with Gasteiger partial charge >= 0.3 is 0 Å². The van der Waals surface area contributed by atoms with E-state index in [0.29, 0.717) is 31.7 Å². The van der Waals surface area contributed by atoms with Crippen molar-refractivity contribution < 1.29 is 14.0 Å². The molecule has 0 radical (unpaired) electrons. The number of carbonyl (C=O) groups excluding carboxylic acids is 2. The highest BCUT2D eigenvalue weighted by Crippen LogP contribution is 2.15. The standard InChI is InChI=1S/C20H22FN3O2/c1-15-7-8-18(17(21)13-15)22-19(25)14-23-9-11-24(12-10-23)20(26)16-5-3-2-4-6-16/h2-8,13H,9-12,14H2,1H3,(H,22,25). The summed E-state index contributed by atoms with van der Waals surface area (Å²) in [5.74, 6) is -0.677. The lowest BCUT2D eigenvalue weighted by molar-refractivity contribution is -0.117. The molecule has 5 nitrogen and oxygen atoms in total. The lowest BCUT2D eigenvalue weighted by Gasteiger charge is -2.34. The molecule has 136 valence electrons. The number of anilines is 1. The Kier molecular flexibility index (Phi) is 5.63. The molecule has 0 bridgehead atoms. The quantitative estimate of drug-likeness (QED) is 0.917. The number of carbonyl (C=O) groups is 2. The Hall–Kier alpha value is -2.73. The molecule has 1 aliphatic heterocycles. The van der Waals surface area contributed by atoms with Gasteiger partial charge in [0.1, 0.15) is 5.82 Å². The number of amides is 2. The molecule has 1 fully saturated rings. The molecule has 1 aliphatic rings. The Bertz CT molecular complexity index is 787. The topological polar surface area (TPSA) is 52.7 Å². The van der Waals surface area contributed by atoms with E-state index in [1.165, 1.54) is 6.07 Å². The van der Waals surface area contributed by atoms with Crippen LogP contribution in [0.1, 0.15) is 15.9 Å². The highest BCUT2D eigenvalue weighted by Gasteiger charge is 2.23. The number of hydrogen-bond donors (Lipinski definition) is 1. The van der Waals surface area contributed by atoms with E-state index in [9.17, 15) is 14.0 Å². The van der Waals surface area contributed by atoms with Crippen LogP contribution in [0.5, 0.6) is 0 Å². The first-order chi connectivity index (χ1) is 12.5. The van der Waals surface area contributed by atoms with E-state index in [1.54, 1.807) is 36.1 Å². The summed E-state index contributed by atoms with van der Waals surface area (Å²) in [6.45, 7) is 4.34. The molecule has 0 saturated carbocycles. The van der Waals surface area contributed by atoms with Crippen LogP contribution >= 0.6 is 0 Å². The van der Waals surface area contributed by atoms with E-state index in [2.05, 4.69) is 5.32 Å². The maximum absolute atomic E-state index is 13.8. The molecular weight excluding hydrogens is 333 g/mol. The van der Waals surface area contributed by atoms with Gasteiger partial charge in [-0.3, -0.25) is 14.5 Å². The fourth-order valence-electron chi connectivity index (χ4n) is 2.99. The normalized spacial score (nSPS) is 14.9. The van der Waals surface area contributed by atoms with Crippen molar-refractivity contribution in [3.63, 3.8) is 0 Å². The minimum absolute atomic E-state index is 0.0106. The first kappa shape index (κ1) is 18.1.